The highest BCUT2D eigenvalue weighted by Gasteiger charge is 2.11. The molecule has 0 saturated carbocycles. The summed E-state index contributed by atoms with van der Waals surface area (Å²) in [7, 11) is -3.78. The van der Waals surface area contributed by atoms with Crippen LogP contribution in [-0.4, -0.2) is 30.4 Å². The van der Waals surface area contributed by atoms with Gasteiger partial charge in [-0.3, -0.25) is 9.59 Å². The monoisotopic (exact) mass is 491 g/mol. The number of carbonyl (C=O) groups is 2. The fourth-order valence-corrected chi connectivity index (χ4v) is 4.11. The molecule has 10 heteroatoms. The van der Waals surface area contributed by atoms with Crippen molar-refractivity contribution in [3.63, 3.8) is 0 Å². The maximum Gasteiger partial charge on any atom is 0.335 e. The largest absolute Gasteiger partial charge is 0.478 e. The average Bonchev–Trinajstić information content (AvgIpc) is 2.83. The summed E-state index contributed by atoms with van der Waals surface area (Å²) in [5.74, 6) is -1.36. The number of aromatic carboxylic acids is 1. The highest BCUT2D eigenvalue weighted by molar-refractivity contribution is 7.89. The molecule has 1 amide bonds. The van der Waals surface area contributed by atoms with Gasteiger partial charge in [0, 0.05) is 29.6 Å². The number of carbonyl (C=O) groups excluding carboxylic acids is 1. The number of fused-ring (bicyclic) bond motifs is 1. The number of hydrogen-bond acceptors (Lipinski definition) is 5. The number of rotatable bonds is 7. The van der Waals surface area contributed by atoms with E-state index in [0.29, 0.717) is 34.0 Å². The Labute approximate surface area is 200 Å². The molecule has 9 nitrogen and oxygen atoms in total. The minimum atomic E-state index is -3.78. The molecule has 0 radical (unpaired) electrons. The predicted molar refractivity (Wildman–Crippen MR) is 130 cm³/mol. The molecule has 0 unspecified atom stereocenters. The fourth-order valence-electron chi connectivity index (χ4n) is 3.59. The van der Waals surface area contributed by atoms with Gasteiger partial charge in [-0.2, -0.15) is 0 Å². The van der Waals surface area contributed by atoms with Crippen molar-refractivity contribution in [3.8, 4) is 0 Å². The van der Waals surface area contributed by atoms with Crippen LogP contribution in [-0.2, 0) is 23.0 Å². The molecular formula is C25H21N3O6S. The maximum absolute atomic E-state index is 12.7. The molecule has 0 saturated heterocycles. The first-order valence-electron chi connectivity index (χ1n) is 10.5. The van der Waals surface area contributed by atoms with E-state index in [2.05, 4.69) is 10.3 Å². The number of hydrogen-bond donors (Lipinski definition) is 4. The minimum Gasteiger partial charge on any atom is -0.478 e. The van der Waals surface area contributed by atoms with Crippen molar-refractivity contribution >= 4 is 32.8 Å². The van der Waals surface area contributed by atoms with Crippen molar-refractivity contribution in [1.82, 2.24) is 10.3 Å². The van der Waals surface area contributed by atoms with Crippen LogP contribution in [0.15, 0.2) is 82.5 Å². The molecule has 1 heterocycles. The van der Waals surface area contributed by atoms with E-state index < -0.39 is 16.0 Å². The molecule has 1 aromatic heterocycles. The zero-order valence-corrected chi connectivity index (χ0v) is 19.1. The second-order valence-electron chi connectivity index (χ2n) is 7.98. The first-order chi connectivity index (χ1) is 16.6. The second kappa shape index (κ2) is 9.53. The molecule has 0 atom stereocenters. The van der Waals surface area contributed by atoms with Crippen molar-refractivity contribution in [2.45, 2.75) is 17.9 Å². The number of aromatic nitrogens is 1. The van der Waals surface area contributed by atoms with Gasteiger partial charge in [0.15, 0.2) is 0 Å². The lowest BCUT2D eigenvalue weighted by atomic mass is 10.0. The summed E-state index contributed by atoms with van der Waals surface area (Å²) in [5, 5.41) is 17.6. The van der Waals surface area contributed by atoms with Crippen LogP contribution in [0.3, 0.4) is 0 Å². The molecule has 0 aliphatic rings. The van der Waals surface area contributed by atoms with Crippen LogP contribution in [0.25, 0.3) is 10.9 Å². The number of nitrogens with two attached hydrogens (primary N) is 1. The number of amides is 1. The number of sulfonamides is 1. The Kier molecular flexibility index (Phi) is 6.50. The lowest BCUT2D eigenvalue weighted by Gasteiger charge is -2.08. The predicted octanol–water partition coefficient (Wildman–Crippen LogP) is 2.39. The molecule has 0 spiro atoms. The molecule has 35 heavy (non-hydrogen) atoms. The number of carboxylic acids is 1. The van der Waals surface area contributed by atoms with Crippen LogP contribution < -0.4 is 16.0 Å². The number of H-pyrrole nitrogens is 1. The van der Waals surface area contributed by atoms with E-state index in [0.717, 1.165) is 5.56 Å². The molecule has 0 fully saturated rings. The Morgan fingerprint density at radius 2 is 1.51 bits per heavy atom. The second-order valence-corrected chi connectivity index (χ2v) is 9.54. The van der Waals surface area contributed by atoms with Crippen molar-refractivity contribution in [2.24, 2.45) is 5.14 Å². The van der Waals surface area contributed by atoms with Crippen LogP contribution in [0, 0.1) is 0 Å². The standard InChI is InChI=1S/C25H21N3O6S/c26-35(33,34)21-8-3-16(4-9-21)14-27-23(29)18-7-10-22-19(12-18)13-20(24(30)28-22)11-15-1-5-17(6-2-15)25(31)32/h1-10,12-13H,11,14H2,(H,27,29)(H,28,30)(H,31,32)(H2,26,33,34). The molecule has 3 aromatic carbocycles. The van der Waals surface area contributed by atoms with Crippen molar-refractivity contribution < 1.29 is 23.1 Å². The highest BCUT2D eigenvalue weighted by atomic mass is 32.2. The molecule has 0 aliphatic heterocycles. The van der Waals surface area contributed by atoms with Gasteiger partial charge in [0.1, 0.15) is 0 Å². The molecular weight excluding hydrogens is 470 g/mol. The number of primary sulfonamides is 1. The van der Waals surface area contributed by atoms with Gasteiger partial charge in [-0.15, -0.1) is 0 Å². The lowest BCUT2D eigenvalue weighted by Crippen LogP contribution is -2.23. The molecule has 0 bridgehead atoms. The summed E-state index contributed by atoms with van der Waals surface area (Å²) in [6, 6.07) is 18.8. The number of nitrogens with one attached hydrogen (secondary N) is 2. The van der Waals surface area contributed by atoms with Gasteiger partial charge < -0.3 is 15.4 Å². The number of pyridine rings is 1. The molecule has 4 rings (SSSR count). The third-order valence-electron chi connectivity index (χ3n) is 5.48. The highest BCUT2D eigenvalue weighted by Crippen LogP contribution is 2.17. The Balaban J connectivity index is 1.51. The van der Waals surface area contributed by atoms with E-state index in [1.54, 1.807) is 48.5 Å². The summed E-state index contributed by atoms with van der Waals surface area (Å²) in [6.45, 7) is 0.185. The average molecular weight is 492 g/mol. The Morgan fingerprint density at radius 1 is 0.886 bits per heavy atom. The molecule has 5 N–H and O–H groups in total. The third-order valence-corrected chi connectivity index (χ3v) is 6.41. The van der Waals surface area contributed by atoms with Crippen LogP contribution in [0.5, 0.6) is 0 Å². The van der Waals surface area contributed by atoms with E-state index in [-0.39, 0.29) is 28.5 Å². The van der Waals surface area contributed by atoms with E-state index in [1.807, 2.05) is 0 Å². The van der Waals surface area contributed by atoms with E-state index in [4.69, 9.17) is 10.2 Å². The number of aromatic amines is 1. The van der Waals surface area contributed by atoms with Crippen LogP contribution in [0.2, 0.25) is 0 Å². The zero-order chi connectivity index (χ0) is 25.2. The lowest BCUT2D eigenvalue weighted by molar-refractivity contribution is 0.0696. The summed E-state index contributed by atoms with van der Waals surface area (Å²) < 4.78 is 22.7. The molecule has 178 valence electrons. The van der Waals surface area contributed by atoms with E-state index >= 15 is 0 Å². The van der Waals surface area contributed by atoms with Gasteiger partial charge in [-0.1, -0.05) is 24.3 Å². The maximum atomic E-state index is 12.7. The molecule has 0 aliphatic carbocycles. The topological polar surface area (TPSA) is 159 Å². The van der Waals surface area contributed by atoms with Crippen molar-refractivity contribution in [2.75, 3.05) is 0 Å². The number of carboxylic acid groups (broad SMARTS) is 1. The van der Waals surface area contributed by atoms with Gasteiger partial charge in [0.25, 0.3) is 11.5 Å². The van der Waals surface area contributed by atoms with Gasteiger partial charge in [-0.05, 0) is 65.0 Å². The Bertz CT molecular complexity index is 1590. The van der Waals surface area contributed by atoms with Gasteiger partial charge in [0.2, 0.25) is 10.0 Å². The first-order valence-corrected chi connectivity index (χ1v) is 12.0. The summed E-state index contributed by atoms with van der Waals surface area (Å²) >= 11 is 0. The Morgan fingerprint density at radius 3 is 2.14 bits per heavy atom. The minimum absolute atomic E-state index is 0.00951. The normalized spacial score (nSPS) is 11.3. The van der Waals surface area contributed by atoms with Gasteiger partial charge in [-0.25, -0.2) is 18.4 Å². The smallest absolute Gasteiger partial charge is 0.335 e. The van der Waals surface area contributed by atoms with E-state index in [1.165, 1.54) is 24.3 Å². The quantitative estimate of drug-likeness (QED) is 0.311. The Hall–Kier alpha value is -4.28. The summed E-state index contributed by atoms with van der Waals surface area (Å²) in [5.41, 5.74) is 2.83. The van der Waals surface area contributed by atoms with Gasteiger partial charge in [0.05, 0.1) is 10.5 Å². The van der Waals surface area contributed by atoms with Crippen LogP contribution >= 0.6 is 0 Å². The summed E-state index contributed by atoms with van der Waals surface area (Å²) in [6.07, 6.45) is 0.302. The fraction of sp³-hybridized carbons (Fsp3) is 0.0800. The van der Waals surface area contributed by atoms with Crippen LogP contribution in [0.1, 0.15) is 37.4 Å². The SMILES string of the molecule is NS(=O)(=O)c1ccc(CNC(=O)c2ccc3[nH]c(=O)c(Cc4ccc(C(=O)O)cc4)cc3c2)cc1. The number of benzene rings is 3. The first kappa shape index (κ1) is 23.9. The third kappa shape index (κ3) is 5.62. The van der Waals surface area contributed by atoms with Crippen LogP contribution in [0.4, 0.5) is 0 Å². The van der Waals surface area contributed by atoms with Crippen molar-refractivity contribution in [3.05, 3.63) is 111 Å². The summed E-state index contributed by atoms with van der Waals surface area (Å²) in [4.78, 5) is 39.0. The van der Waals surface area contributed by atoms with Crippen molar-refractivity contribution in [1.29, 1.82) is 0 Å². The zero-order valence-electron chi connectivity index (χ0n) is 18.3. The van der Waals surface area contributed by atoms with Gasteiger partial charge >= 0.3 is 5.97 Å². The molecule has 4 aromatic rings. The van der Waals surface area contributed by atoms with E-state index in [9.17, 15) is 22.8 Å².